The Morgan fingerprint density at radius 1 is 1.25 bits per heavy atom. The fourth-order valence-corrected chi connectivity index (χ4v) is 2.95. The van der Waals surface area contributed by atoms with Crippen LogP contribution < -0.4 is 10.2 Å². The molecule has 0 unspecified atom stereocenters. The van der Waals surface area contributed by atoms with E-state index < -0.39 is 5.82 Å². The van der Waals surface area contributed by atoms with Crippen LogP contribution in [0, 0.1) is 5.82 Å². The smallest absolute Gasteiger partial charge is 0.253 e. The summed E-state index contributed by atoms with van der Waals surface area (Å²) in [5, 5.41) is 2.80. The second-order valence-corrected chi connectivity index (χ2v) is 6.09. The van der Waals surface area contributed by atoms with E-state index in [0.29, 0.717) is 5.82 Å². The summed E-state index contributed by atoms with van der Waals surface area (Å²) in [5.41, 5.74) is 0.227. The van der Waals surface area contributed by atoms with Gasteiger partial charge in [-0.25, -0.2) is 14.4 Å². The van der Waals surface area contributed by atoms with Gasteiger partial charge >= 0.3 is 0 Å². The lowest BCUT2D eigenvalue weighted by atomic mass is 10.1. The van der Waals surface area contributed by atoms with Crippen molar-refractivity contribution >= 4 is 23.3 Å². The molecule has 1 N–H and O–H groups in total. The first-order valence-electron chi connectivity index (χ1n) is 7.93. The normalized spacial score (nSPS) is 14.5. The predicted molar refractivity (Wildman–Crippen MR) is 90.7 cm³/mol. The molecule has 5 nitrogen and oxygen atoms in total. The first-order valence-corrected chi connectivity index (χ1v) is 8.31. The van der Waals surface area contributed by atoms with Gasteiger partial charge in [-0.2, -0.15) is 0 Å². The van der Waals surface area contributed by atoms with Gasteiger partial charge in [-0.15, -0.1) is 0 Å². The summed E-state index contributed by atoms with van der Waals surface area (Å²) >= 11 is 5.89. The second kappa shape index (κ2) is 7.57. The highest BCUT2D eigenvalue weighted by molar-refractivity contribution is 6.33. The van der Waals surface area contributed by atoms with Crippen molar-refractivity contribution in [1.82, 2.24) is 15.3 Å². The summed E-state index contributed by atoms with van der Waals surface area (Å²) in [6, 6.07) is 5.56. The molecule has 0 spiro atoms. The Morgan fingerprint density at radius 3 is 2.79 bits per heavy atom. The van der Waals surface area contributed by atoms with Crippen molar-refractivity contribution in [3.63, 3.8) is 0 Å². The fourth-order valence-electron chi connectivity index (χ4n) is 2.70. The molecule has 3 rings (SSSR count). The van der Waals surface area contributed by atoms with Gasteiger partial charge < -0.3 is 10.2 Å². The third-order valence-corrected chi connectivity index (χ3v) is 4.27. The molecule has 0 radical (unpaired) electrons. The number of carbonyl (C=O) groups excluding carboxylic acids is 1. The SMILES string of the molecule is O=C(NCc1nccc(N2CCCCC2)n1)c1ccc(F)cc1Cl. The Morgan fingerprint density at radius 2 is 2.04 bits per heavy atom. The highest BCUT2D eigenvalue weighted by Crippen LogP contribution is 2.18. The average molecular weight is 349 g/mol. The summed E-state index contributed by atoms with van der Waals surface area (Å²) in [6.07, 6.45) is 5.28. The van der Waals surface area contributed by atoms with Gasteiger partial charge in [0.2, 0.25) is 0 Å². The van der Waals surface area contributed by atoms with E-state index in [2.05, 4.69) is 20.2 Å². The van der Waals surface area contributed by atoms with Crippen LogP contribution in [-0.4, -0.2) is 29.0 Å². The maximum absolute atomic E-state index is 13.0. The topological polar surface area (TPSA) is 58.1 Å². The Labute approximate surface area is 144 Å². The van der Waals surface area contributed by atoms with Gasteiger partial charge in [0.1, 0.15) is 17.5 Å². The van der Waals surface area contributed by atoms with Crippen molar-refractivity contribution in [3.8, 4) is 0 Å². The van der Waals surface area contributed by atoms with Crippen molar-refractivity contribution in [2.75, 3.05) is 18.0 Å². The number of hydrogen-bond acceptors (Lipinski definition) is 4. The molecule has 7 heteroatoms. The number of halogens is 2. The Balaban J connectivity index is 1.64. The van der Waals surface area contributed by atoms with E-state index in [-0.39, 0.29) is 23.0 Å². The zero-order valence-electron chi connectivity index (χ0n) is 13.1. The lowest BCUT2D eigenvalue weighted by molar-refractivity contribution is 0.0950. The van der Waals surface area contributed by atoms with E-state index in [1.54, 1.807) is 6.20 Å². The van der Waals surface area contributed by atoms with Crippen LogP contribution in [0.25, 0.3) is 0 Å². The molecule has 1 aliphatic heterocycles. The van der Waals surface area contributed by atoms with Crippen LogP contribution >= 0.6 is 11.6 Å². The molecular formula is C17H18ClFN4O. The Kier molecular flexibility index (Phi) is 5.25. The van der Waals surface area contributed by atoms with E-state index in [4.69, 9.17) is 11.6 Å². The number of aromatic nitrogens is 2. The summed E-state index contributed by atoms with van der Waals surface area (Å²) < 4.78 is 13.0. The van der Waals surface area contributed by atoms with Crippen LogP contribution in [0.4, 0.5) is 10.2 Å². The van der Waals surface area contributed by atoms with Crippen LogP contribution in [0.5, 0.6) is 0 Å². The van der Waals surface area contributed by atoms with Crippen molar-refractivity contribution < 1.29 is 9.18 Å². The van der Waals surface area contributed by atoms with Crippen LogP contribution in [0.2, 0.25) is 5.02 Å². The molecule has 0 aliphatic carbocycles. The third-order valence-electron chi connectivity index (χ3n) is 3.95. The van der Waals surface area contributed by atoms with Gasteiger partial charge in [0.15, 0.2) is 0 Å². The minimum absolute atomic E-state index is 0.0792. The number of rotatable bonds is 4. The highest BCUT2D eigenvalue weighted by atomic mass is 35.5. The standard InChI is InChI=1S/C17H18ClFN4O/c18-14-10-12(19)4-5-13(14)17(24)21-11-15-20-7-6-16(22-15)23-8-2-1-3-9-23/h4-7,10H,1-3,8-9,11H2,(H,21,24). The van der Waals surface area contributed by atoms with Crippen LogP contribution in [0.1, 0.15) is 35.4 Å². The number of piperidine rings is 1. The van der Waals surface area contributed by atoms with Crippen molar-refractivity contribution in [2.45, 2.75) is 25.8 Å². The molecule has 2 aromatic rings. The van der Waals surface area contributed by atoms with Crippen LogP contribution in [0.15, 0.2) is 30.5 Å². The van der Waals surface area contributed by atoms with Crippen LogP contribution in [-0.2, 0) is 6.54 Å². The van der Waals surface area contributed by atoms with Gasteiger partial charge in [0.25, 0.3) is 5.91 Å². The zero-order chi connectivity index (χ0) is 16.9. The van der Waals surface area contributed by atoms with Gasteiger partial charge in [0.05, 0.1) is 17.1 Å². The first kappa shape index (κ1) is 16.6. The molecule has 0 atom stereocenters. The number of hydrogen-bond donors (Lipinski definition) is 1. The fraction of sp³-hybridized carbons (Fsp3) is 0.353. The van der Waals surface area contributed by atoms with Crippen molar-refractivity contribution in [1.29, 1.82) is 0 Å². The van der Waals surface area contributed by atoms with Crippen molar-refractivity contribution in [3.05, 3.63) is 52.7 Å². The largest absolute Gasteiger partial charge is 0.357 e. The van der Waals surface area contributed by atoms with Gasteiger partial charge in [-0.1, -0.05) is 11.6 Å². The monoisotopic (exact) mass is 348 g/mol. The van der Waals surface area contributed by atoms with Crippen LogP contribution in [0.3, 0.4) is 0 Å². The molecule has 0 bridgehead atoms. The maximum Gasteiger partial charge on any atom is 0.253 e. The second-order valence-electron chi connectivity index (χ2n) is 5.69. The molecule has 1 aliphatic rings. The molecule has 1 fully saturated rings. The quantitative estimate of drug-likeness (QED) is 0.922. The number of anilines is 1. The molecule has 2 heterocycles. The predicted octanol–water partition coefficient (Wildman–Crippen LogP) is 3.19. The number of carbonyl (C=O) groups is 1. The van der Waals surface area contributed by atoms with E-state index in [1.807, 2.05) is 6.07 Å². The number of amides is 1. The van der Waals surface area contributed by atoms with E-state index in [1.165, 1.54) is 31.4 Å². The van der Waals surface area contributed by atoms with Gasteiger partial charge in [-0.3, -0.25) is 4.79 Å². The molecule has 1 aromatic heterocycles. The summed E-state index contributed by atoms with van der Waals surface area (Å²) in [6.45, 7) is 2.18. The summed E-state index contributed by atoms with van der Waals surface area (Å²) in [7, 11) is 0. The minimum Gasteiger partial charge on any atom is -0.357 e. The molecule has 1 saturated heterocycles. The summed E-state index contributed by atoms with van der Waals surface area (Å²) in [4.78, 5) is 23.1. The molecule has 1 aromatic carbocycles. The molecule has 1 amide bonds. The van der Waals surface area contributed by atoms with Gasteiger partial charge in [-0.05, 0) is 43.5 Å². The lowest BCUT2D eigenvalue weighted by Crippen LogP contribution is -2.31. The number of benzene rings is 1. The maximum atomic E-state index is 13.0. The molecule has 0 saturated carbocycles. The minimum atomic E-state index is -0.478. The zero-order valence-corrected chi connectivity index (χ0v) is 13.9. The lowest BCUT2D eigenvalue weighted by Gasteiger charge is -2.27. The average Bonchev–Trinajstić information content (AvgIpc) is 2.61. The van der Waals surface area contributed by atoms with E-state index in [0.717, 1.165) is 25.0 Å². The first-order chi connectivity index (χ1) is 11.6. The Bertz CT molecular complexity index is 734. The van der Waals surface area contributed by atoms with Gasteiger partial charge in [0, 0.05) is 19.3 Å². The van der Waals surface area contributed by atoms with E-state index in [9.17, 15) is 9.18 Å². The molecular weight excluding hydrogens is 331 g/mol. The molecule has 126 valence electrons. The third kappa shape index (κ3) is 4.00. The van der Waals surface area contributed by atoms with Crippen molar-refractivity contribution in [2.24, 2.45) is 0 Å². The highest BCUT2D eigenvalue weighted by Gasteiger charge is 2.14. The molecule has 24 heavy (non-hydrogen) atoms. The number of nitrogens with one attached hydrogen (secondary N) is 1. The van der Waals surface area contributed by atoms with E-state index >= 15 is 0 Å². The Hall–Kier alpha value is -2.21. The summed E-state index contributed by atoms with van der Waals surface area (Å²) in [5.74, 6) is 0.555. The number of nitrogens with zero attached hydrogens (tertiary/aromatic N) is 3.